The first-order valence-corrected chi connectivity index (χ1v) is 9.57. The van der Waals surface area contributed by atoms with E-state index in [1.54, 1.807) is 26.0 Å². The smallest absolute Gasteiger partial charge is 0.357 e. The van der Waals surface area contributed by atoms with Crippen LogP contribution in [0.15, 0.2) is 48.5 Å². The predicted molar refractivity (Wildman–Crippen MR) is 94.8 cm³/mol. The third kappa shape index (κ3) is 4.67. The molecule has 0 spiro atoms. The number of nitrogens with one attached hydrogen (secondary N) is 1. The molecule has 2 aromatic rings. The van der Waals surface area contributed by atoms with Crippen LogP contribution in [0, 0.1) is 12.7 Å². The van der Waals surface area contributed by atoms with Crippen molar-refractivity contribution in [2.24, 2.45) is 0 Å². The maximum Gasteiger partial charge on any atom is 0.357 e. The molecular formula is C18H23FNO3P. The molecule has 24 heavy (non-hydrogen) atoms. The Balaban J connectivity index is 2.43. The fraction of sp³-hybridized carbons (Fsp3) is 0.333. The van der Waals surface area contributed by atoms with E-state index < -0.39 is 13.4 Å². The lowest BCUT2D eigenvalue weighted by molar-refractivity contribution is 0.214. The highest BCUT2D eigenvalue weighted by Crippen LogP contribution is 2.60. The van der Waals surface area contributed by atoms with Crippen molar-refractivity contribution >= 4 is 13.3 Å². The molecule has 2 rings (SSSR count). The minimum Gasteiger partial charge on any atom is -0.368 e. The second-order valence-corrected chi connectivity index (χ2v) is 7.46. The van der Waals surface area contributed by atoms with Gasteiger partial charge in [0.05, 0.1) is 13.2 Å². The van der Waals surface area contributed by atoms with Gasteiger partial charge in [0.15, 0.2) is 5.78 Å². The maximum absolute atomic E-state index is 13.5. The van der Waals surface area contributed by atoms with E-state index in [1.807, 2.05) is 31.2 Å². The van der Waals surface area contributed by atoms with Crippen molar-refractivity contribution < 1.29 is 18.0 Å². The molecule has 0 heterocycles. The van der Waals surface area contributed by atoms with E-state index in [0.29, 0.717) is 5.69 Å². The summed E-state index contributed by atoms with van der Waals surface area (Å²) in [4.78, 5) is 0. The van der Waals surface area contributed by atoms with Gasteiger partial charge in [0, 0.05) is 5.69 Å². The molecule has 0 aliphatic rings. The average molecular weight is 351 g/mol. The molecule has 1 N–H and O–H groups in total. The van der Waals surface area contributed by atoms with Crippen LogP contribution in [0.1, 0.15) is 30.8 Å². The molecule has 4 nitrogen and oxygen atoms in total. The molecule has 0 saturated heterocycles. The Morgan fingerprint density at radius 3 is 2.25 bits per heavy atom. The summed E-state index contributed by atoms with van der Waals surface area (Å²) < 4.78 is 37.8. The highest BCUT2D eigenvalue weighted by Gasteiger charge is 2.37. The minimum atomic E-state index is -3.48. The zero-order chi connectivity index (χ0) is 17.6. The van der Waals surface area contributed by atoms with Crippen molar-refractivity contribution in [3.8, 4) is 0 Å². The van der Waals surface area contributed by atoms with Gasteiger partial charge >= 0.3 is 7.60 Å². The minimum absolute atomic E-state index is 0.254. The van der Waals surface area contributed by atoms with Crippen LogP contribution in [0.25, 0.3) is 0 Å². The van der Waals surface area contributed by atoms with E-state index in [4.69, 9.17) is 9.05 Å². The number of rotatable bonds is 8. The van der Waals surface area contributed by atoms with Crippen molar-refractivity contribution in [3.63, 3.8) is 0 Å². The van der Waals surface area contributed by atoms with Gasteiger partial charge in [0.25, 0.3) is 0 Å². The molecule has 1 atom stereocenters. The van der Waals surface area contributed by atoms with E-state index in [-0.39, 0.29) is 19.0 Å². The van der Waals surface area contributed by atoms with Crippen molar-refractivity contribution in [1.29, 1.82) is 0 Å². The summed E-state index contributed by atoms with van der Waals surface area (Å²) in [6.45, 7) is 6.01. The first-order valence-electron chi connectivity index (χ1n) is 7.96. The Hall–Kier alpha value is -1.68. The third-order valence-corrected chi connectivity index (χ3v) is 5.75. The molecule has 0 bridgehead atoms. The summed E-state index contributed by atoms with van der Waals surface area (Å²) in [7, 11) is -3.48. The lowest BCUT2D eigenvalue weighted by Gasteiger charge is -2.28. The Labute approximate surface area is 142 Å². The summed E-state index contributed by atoms with van der Waals surface area (Å²) in [6.07, 6.45) is 0. The standard InChI is InChI=1S/C18H23FNO3P/c1-4-22-24(21,23-5-2)18(15-11-9-14(3)10-12-15)20-17-8-6-7-16(19)13-17/h6-13,18,20H,4-5H2,1-3H3. The zero-order valence-electron chi connectivity index (χ0n) is 14.2. The Morgan fingerprint density at radius 2 is 1.71 bits per heavy atom. The van der Waals surface area contributed by atoms with Crippen LogP contribution < -0.4 is 5.32 Å². The molecule has 130 valence electrons. The predicted octanol–water partition coefficient (Wildman–Crippen LogP) is 5.51. The van der Waals surface area contributed by atoms with Crippen LogP contribution in [-0.2, 0) is 13.6 Å². The number of anilines is 1. The Bertz CT molecular complexity index is 696. The SMILES string of the molecule is CCOP(=O)(OCC)C(Nc1cccc(F)c1)c1ccc(C)cc1. The molecule has 0 aromatic heterocycles. The monoisotopic (exact) mass is 351 g/mol. The molecular weight excluding hydrogens is 328 g/mol. The van der Waals surface area contributed by atoms with Gasteiger partial charge in [-0.2, -0.15) is 0 Å². The van der Waals surface area contributed by atoms with E-state index >= 15 is 0 Å². The quantitative estimate of drug-likeness (QED) is 0.637. The summed E-state index contributed by atoms with van der Waals surface area (Å²) in [5.41, 5.74) is 2.36. The van der Waals surface area contributed by atoms with Gasteiger partial charge in [0.2, 0.25) is 0 Å². The Morgan fingerprint density at radius 1 is 1.08 bits per heavy atom. The summed E-state index contributed by atoms with van der Waals surface area (Å²) >= 11 is 0. The average Bonchev–Trinajstić information content (AvgIpc) is 2.54. The summed E-state index contributed by atoms with van der Waals surface area (Å²) in [5.74, 6) is -1.09. The van der Waals surface area contributed by atoms with Crippen molar-refractivity contribution in [2.45, 2.75) is 26.6 Å². The van der Waals surface area contributed by atoms with Crippen LogP contribution in [-0.4, -0.2) is 13.2 Å². The molecule has 0 aliphatic heterocycles. The number of hydrogen-bond acceptors (Lipinski definition) is 4. The topological polar surface area (TPSA) is 47.6 Å². The van der Waals surface area contributed by atoms with E-state index in [0.717, 1.165) is 11.1 Å². The molecule has 0 saturated carbocycles. The fourth-order valence-corrected chi connectivity index (χ4v) is 4.31. The van der Waals surface area contributed by atoms with Gasteiger partial charge < -0.3 is 14.4 Å². The molecule has 0 fully saturated rings. The molecule has 0 radical (unpaired) electrons. The molecule has 1 unspecified atom stereocenters. The maximum atomic E-state index is 13.5. The normalized spacial score (nSPS) is 12.8. The van der Waals surface area contributed by atoms with Crippen LogP contribution in [0.4, 0.5) is 10.1 Å². The number of halogens is 1. The molecule has 2 aromatic carbocycles. The van der Waals surface area contributed by atoms with E-state index in [1.165, 1.54) is 12.1 Å². The highest BCUT2D eigenvalue weighted by molar-refractivity contribution is 7.54. The van der Waals surface area contributed by atoms with E-state index in [9.17, 15) is 8.96 Å². The number of hydrogen-bond donors (Lipinski definition) is 1. The highest BCUT2D eigenvalue weighted by atomic mass is 31.2. The van der Waals surface area contributed by atoms with Gasteiger partial charge in [-0.05, 0) is 44.5 Å². The second kappa shape index (κ2) is 8.43. The van der Waals surface area contributed by atoms with Crippen LogP contribution >= 0.6 is 7.60 Å². The second-order valence-electron chi connectivity index (χ2n) is 5.34. The van der Waals surface area contributed by atoms with Gasteiger partial charge in [-0.15, -0.1) is 0 Å². The summed E-state index contributed by atoms with van der Waals surface area (Å²) in [5, 5.41) is 3.11. The lowest BCUT2D eigenvalue weighted by atomic mass is 10.1. The lowest BCUT2D eigenvalue weighted by Crippen LogP contribution is -2.15. The summed E-state index contributed by atoms with van der Waals surface area (Å²) in [6, 6.07) is 13.6. The first kappa shape index (κ1) is 18.7. The molecule has 0 amide bonds. The van der Waals surface area contributed by atoms with E-state index in [2.05, 4.69) is 5.32 Å². The molecule has 6 heteroatoms. The van der Waals surface area contributed by atoms with Gasteiger partial charge in [0.1, 0.15) is 5.82 Å². The number of aryl methyl sites for hydroxylation is 1. The fourth-order valence-electron chi connectivity index (χ4n) is 2.38. The number of benzene rings is 2. The largest absolute Gasteiger partial charge is 0.368 e. The van der Waals surface area contributed by atoms with Crippen LogP contribution in [0.3, 0.4) is 0 Å². The van der Waals surface area contributed by atoms with Crippen molar-refractivity contribution in [3.05, 3.63) is 65.5 Å². The zero-order valence-corrected chi connectivity index (χ0v) is 15.1. The van der Waals surface area contributed by atoms with Gasteiger partial charge in [-0.1, -0.05) is 35.9 Å². The van der Waals surface area contributed by atoms with Gasteiger partial charge in [-0.3, -0.25) is 4.57 Å². The molecule has 0 aliphatic carbocycles. The Kier molecular flexibility index (Phi) is 6.55. The van der Waals surface area contributed by atoms with Crippen LogP contribution in [0.2, 0.25) is 0 Å². The third-order valence-electron chi connectivity index (χ3n) is 3.46. The van der Waals surface area contributed by atoms with Crippen molar-refractivity contribution in [2.75, 3.05) is 18.5 Å². The van der Waals surface area contributed by atoms with Crippen molar-refractivity contribution in [1.82, 2.24) is 0 Å². The first-order chi connectivity index (χ1) is 11.5. The van der Waals surface area contributed by atoms with Gasteiger partial charge in [-0.25, -0.2) is 4.39 Å². The van der Waals surface area contributed by atoms with Crippen LogP contribution in [0.5, 0.6) is 0 Å².